The number of carboxylic acid groups (broad SMARTS) is 1. The molecule has 0 bridgehead atoms. The normalized spacial score (nSPS) is 31.1. The Morgan fingerprint density at radius 3 is 2.48 bits per heavy atom. The number of likely N-dealkylation sites (tertiary alicyclic amines) is 1. The maximum Gasteiger partial charge on any atom is 0.317 e. The number of aliphatic carboxylic acids is 1. The molecular weight excluding hydrogens is 270 g/mol. The molecular formula is C15H27N3O3. The highest BCUT2D eigenvalue weighted by Crippen LogP contribution is 2.38. The van der Waals surface area contributed by atoms with Crippen molar-refractivity contribution in [3.05, 3.63) is 0 Å². The molecule has 2 fully saturated rings. The van der Waals surface area contributed by atoms with Gasteiger partial charge in [-0.05, 0) is 52.7 Å². The van der Waals surface area contributed by atoms with E-state index in [1.54, 1.807) is 11.8 Å². The predicted molar refractivity (Wildman–Crippen MR) is 80.2 cm³/mol. The molecule has 0 aromatic heterocycles. The van der Waals surface area contributed by atoms with Gasteiger partial charge in [-0.1, -0.05) is 6.42 Å². The van der Waals surface area contributed by atoms with E-state index >= 15 is 0 Å². The van der Waals surface area contributed by atoms with Crippen LogP contribution in [-0.2, 0) is 4.79 Å². The SMILES string of the molecule is CN1CCC(N(C)C(=O)NC2CCCC2(C)C(=O)O)CC1. The predicted octanol–water partition coefficient (Wildman–Crippen LogP) is 1.37. The van der Waals surface area contributed by atoms with E-state index < -0.39 is 11.4 Å². The van der Waals surface area contributed by atoms with E-state index in [9.17, 15) is 14.7 Å². The number of carbonyl (C=O) groups excluding carboxylic acids is 1. The highest BCUT2D eigenvalue weighted by atomic mass is 16.4. The quantitative estimate of drug-likeness (QED) is 0.825. The molecule has 0 aromatic rings. The summed E-state index contributed by atoms with van der Waals surface area (Å²) in [6, 6.07) is -0.154. The number of rotatable bonds is 3. The van der Waals surface area contributed by atoms with Gasteiger partial charge in [0, 0.05) is 19.1 Å². The Labute approximate surface area is 126 Å². The van der Waals surface area contributed by atoms with Crippen LogP contribution in [-0.4, -0.2) is 66.2 Å². The van der Waals surface area contributed by atoms with Crippen molar-refractivity contribution < 1.29 is 14.7 Å². The van der Waals surface area contributed by atoms with E-state index in [4.69, 9.17) is 0 Å². The lowest BCUT2D eigenvalue weighted by atomic mass is 9.85. The monoisotopic (exact) mass is 297 g/mol. The number of amides is 2. The molecule has 6 heteroatoms. The van der Waals surface area contributed by atoms with Gasteiger partial charge in [0.15, 0.2) is 0 Å². The Morgan fingerprint density at radius 1 is 1.29 bits per heavy atom. The van der Waals surface area contributed by atoms with Gasteiger partial charge in [-0.2, -0.15) is 0 Å². The molecule has 2 rings (SSSR count). The molecule has 1 heterocycles. The van der Waals surface area contributed by atoms with Crippen molar-refractivity contribution in [2.75, 3.05) is 27.2 Å². The molecule has 0 aromatic carbocycles. The van der Waals surface area contributed by atoms with Crippen LogP contribution >= 0.6 is 0 Å². The summed E-state index contributed by atoms with van der Waals surface area (Å²) in [6.45, 7) is 3.74. The van der Waals surface area contributed by atoms with Crippen LogP contribution in [0.4, 0.5) is 4.79 Å². The van der Waals surface area contributed by atoms with Gasteiger partial charge in [0.2, 0.25) is 0 Å². The maximum atomic E-state index is 12.4. The second-order valence-electron chi connectivity index (χ2n) is 6.76. The lowest BCUT2D eigenvalue weighted by molar-refractivity contribution is -0.148. The lowest BCUT2D eigenvalue weighted by Gasteiger charge is -2.36. The molecule has 0 spiro atoms. The summed E-state index contributed by atoms with van der Waals surface area (Å²) >= 11 is 0. The third kappa shape index (κ3) is 3.31. The maximum absolute atomic E-state index is 12.4. The number of nitrogens with one attached hydrogen (secondary N) is 1. The Balaban J connectivity index is 1.93. The minimum absolute atomic E-state index is 0.135. The molecule has 1 saturated heterocycles. The molecule has 2 aliphatic rings. The van der Waals surface area contributed by atoms with Gasteiger partial charge in [0.05, 0.1) is 5.41 Å². The molecule has 0 radical (unpaired) electrons. The smallest absolute Gasteiger partial charge is 0.317 e. The van der Waals surface area contributed by atoms with E-state index in [0.717, 1.165) is 38.8 Å². The summed E-state index contributed by atoms with van der Waals surface area (Å²) in [5.74, 6) is -0.813. The van der Waals surface area contributed by atoms with Crippen LogP contribution < -0.4 is 5.32 Å². The summed E-state index contributed by atoms with van der Waals surface area (Å²) in [7, 11) is 3.91. The number of urea groups is 1. The Kier molecular flexibility index (Phi) is 4.76. The van der Waals surface area contributed by atoms with Crippen molar-refractivity contribution in [3.63, 3.8) is 0 Å². The zero-order valence-corrected chi connectivity index (χ0v) is 13.3. The standard InChI is InChI=1S/C15H27N3O3/c1-15(13(19)20)8-4-5-12(15)16-14(21)18(3)11-6-9-17(2)10-7-11/h11-12H,4-10H2,1-3H3,(H,16,21)(H,19,20). The van der Waals surface area contributed by atoms with E-state index in [-0.39, 0.29) is 18.1 Å². The summed E-state index contributed by atoms with van der Waals surface area (Å²) in [6.07, 6.45) is 4.18. The first-order valence-electron chi connectivity index (χ1n) is 7.80. The highest BCUT2D eigenvalue weighted by Gasteiger charge is 2.46. The largest absolute Gasteiger partial charge is 0.481 e. The van der Waals surface area contributed by atoms with Gasteiger partial charge < -0.3 is 20.2 Å². The number of carboxylic acids is 1. The van der Waals surface area contributed by atoms with Crippen molar-refractivity contribution in [2.45, 2.75) is 51.1 Å². The molecule has 2 atom stereocenters. The van der Waals surface area contributed by atoms with E-state index in [0.29, 0.717) is 6.42 Å². The number of piperidine rings is 1. The van der Waals surface area contributed by atoms with Crippen LogP contribution in [0.3, 0.4) is 0 Å². The van der Waals surface area contributed by atoms with Crippen molar-refractivity contribution >= 4 is 12.0 Å². The molecule has 120 valence electrons. The number of hydrogen-bond acceptors (Lipinski definition) is 3. The summed E-state index contributed by atoms with van der Waals surface area (Å²) in [4.78, 5) is 27.9. The first-order valence-corrected chi connectivity index (χ1v) is 7.80. The van der Waals surface area contributed by atoms with Gasteiger partial charge in [-0.3, -0.25) is 4.79 Å². The van der Waals surface area contributed by atoms with Crippen molar-refractivity contribution in [1.82, 2.24) is 15.1 Å². The summed E-state index contributed by atoms with van der Waals surface area (Å²) in [5, 5.41) is 12.4. The van der Waals surface area contributed by atoms with Crippen LogP contribution in [0.5, 0.6) is 0 Å². The number of nitrogens with zero attached hydrogens (tertiary/aromatic N) is 2. The van der Waals surface area contributed by atoms with Gasteiger partial charge in [-0.25, -0.2) is 4.79 Å². The number of carbonyl (C=O) groups is 2. The Hall–Kier alpha value is -1.30. The van der Waals surface area contributed by atoms with Gasteiger partial charge in [0.1, 0.15) is 0 Å². The van der Waals surface area contributed by atoms with Crippen molar-refractivity contribution in [1.29, 1.82) is 0 Å². The molecule has 21 heavy (non-hydrogen) atoms. The molecule has 6 nitrogen and oxygen atoms in total. The Bertz CT molecular complexity index is 407. The molecule has 1 aliphatic carbocycles. The van der Waals surface area contributed by atoms with E-state index in [2.05, 4.69) is 17.3 Å². The van der Waals surface area contributed by atoms with Crippen LogP contribution in [0, 0.1) is 5.41 Å². The van der Waals surface area contributed by atoms with Crippen LogP contribution in [0.2, 0.25) is 0 Å². The second-order valence-corrected chi connectivity index (χ2v) is 6.76. The van der Waals surface area contributed by atoms with Gasteiger partial charge in [-0.15, -0.1) is 0 Å². The minimum atomic E-state index is -0.830. The fourth-order valence-electron chi connectivity index (χ4n) is 3.45. The first-order chi connectivity index (χ1) is 9.84. The third-order valence-corrected chi connectivity index (χ3v) is 5.30. The highest BCUT2D eigenvalue weighted by molar-refractivity contribution is 5.79. The molecule has 2 amide bonds. The third-order valence-electron chi connectivity index (χ3n) is 5.30. The second kappa shape index (κ2) is 6.22. The average molecular weight is 297 g/mol. The van der Waals surface area contributed by atoms with E-state index in [1.807, 2.05) is 7.05 Å². The first kappa shape index (κ1) is 16.1. The van der Waals surface area contributed by atoms with Crippen molar-refractivity contribution in [2.24, 2.45) is 5.41 Å². The van der Waals surface area contributed by atoms with Crippen LogP contribution in [0.25, 0.3) is 0 Å². The number of hydrogen-bond donors (Lipinski definition) is 2. The molecule has 2 unspecified atom stereocenters. The zero-order chi connectivity index (χ0) is 15.6. The van der Waals surface area contributed by atoms with Gasteiger partial charge in [0.25, 0.3) is 0 Å². The van der Waals surface area contributed by atoms with E-state index in [1.165, 1.54) is 0 Å². The zero-order valence-electron chi connectivity index (χ0n) is 13.3. The molecule has 1 aliphatic heterocycles. The minimum Gasteiger partial charge on any atom is -0.481 e. The fourth-order valence-corrected chi connectivity index (χ4v) is 3.45. The lowest BCUT2D eigenvalue weighted by Crippen LogP contribution is -2.54. The topological polar surface area (TPSA) is 72.9 Å². The van der Waals surface area contributed by atoms with Crippen LogP contribution in [0.15, 0.2) is 0 Å². The summed E-state index contributed by atoms with van der Waals surface area (Å²) in [5.41, 5.74) is -0.830. The molecule has 2 N–H and O–H groups in total. The summed E-state index contributed by atoms with van der Waals surface area (Å²) < 4.78 is 0. The fraction of sp³-hybridized carbons (Fsp3) is 0.867. The van der Waals surface area contributed by atoms with Crippen molar-refractivity contribution in [3.8, 4) is 0 Å². The van der Waals surface area contributed by atoms with Crippen LogP contribution in [0.1, 0.15) is 39.0 Å². The Morgan fingerprint density at radius 2 is 1.90 bits per heavy atom. The average Bonchev–Trinajstić information content (AvgIpc) is 2.81. The molecule has 1 saturated carbocycles. The van der Waals surface area contributed by atoms with Gasteiger partial charge >= 0.3 is 12.0 Å².